The molecule has 0 bridgehead atoms. The van der Waals surface area contributed by atoms with E-state index in [2.05, 4.69) is 26.9 Å². The standard InChI is InChI=1S/C14H13N3/c1-4-5-6-12(15-3)14-16-11-8-7-10(2)9-13(11)17-14/h1,5-9H,2-3H3,(H,16,17)/b6-5-,15-12?. The van der Waals surface area contributed by atoms with Crippen LogP contribution in [0.15, 0.2) is 35.3 Å². The average molecular weight is 223 g/mol. The molecule has 1 N–H and O–H groups in total. The van der Waals surface area contributed by atoms with Crippen LogP contribution in [-0.2, 0) is 0 Å². The molecule has 84 valence electrons. The van der Waals surface area contributed by atoms with Crippen LogP contribution in [0.25, 0.3) is 11.0 Å². The lowest BCUT2D eigenvalue weighted by atomic mass is 10.2. The lowest BCUT2D eigenvalue weighted by molar-refractivity contribution is 1.27. The van der Waals surface area contributed by atoms with E-state index in [0.717, 1.165) is 22.6 Å². The summed E-state index contributed by atoms with van der Waals surface area (Å²) in [6, 6.07) is 6.08. The molecule has 3 heteroatoms. The minimum absolute atomic E-state index is 0.736. The van der Waals surface area contributed by atoms with Crippen molar-refractivity contribution in [2.75, 3.05) is 7.05 Å². The summed E-state index contributed by atoms with van der Waals surface area (Å²) in [5.74, 6) is 3.18. The number of benzene rings is 1. The van der Waals surface area contributed by atoms with Crippen LogP contribution in [0, 0.1) is 19.3 Å². The molecule has 0 aliphatic carbocycles. The molecule has 3 nitrogen and oxygen atoms in total. The minimum atomic E-state index is 0.736. The van der Waals surface area contributed by atoms with Gasteiger partial charge in [0.25, 0.3) is 0 Å². The number of nitrogens with zero attached hydrogens (tertiary/aromatic N) is 2. The second-order valence-electron chi connectivity index (χ2n) is 3.71. The molecular formula is C14H13N3. The number of fused-ring (bicyclic) bond motifs is 1. The molecule has 0 fully saturated rings. The number of allylic oxidation sites excluding steroid dienone is 2. The van der Waals surface area contributed by atoms with Gasteiger partial charge in [-0.3, -0.25) is 4.99 Å². The summed E-state index contributed by atoms with van der Waals surface area (Å²) >= 11 is 0. The van der Waals surface area contributed by atoms with Crippen LogP contribution in [0.5, 0.6) is 0 Å². The predicted molar refractivity (Wildman–Crippen MR) is 71.3 cm³/mol. The number of H-pyrrole nitrogens is 1. The predicted octanol–water partition coefficient (Wildman–Crippen LogP) is 2.48. The van der Waals surface area contributed by atoms with E-state index in [1.165, 1.54) is 5.56 Å². The van der Waals surface area contributed by atoms with Gasteiger partial charge in [0.2, 0.25) is 0 Å². The smallest absolute Gasteiger partial charge is 0.156 e. The fourth-order valence-electron chi connectivity index (χ4n) is 1.63. The number of hydrogen-bond acceptors (Lipinski definition) is 2. The van der Waals surface area contributed by atoms with E-state index >= 15 is 0 Å². The molecule has 0 amide bonds. The van der Waals surface area contributed by atoms with Crippen molar-refractivity contribution in [1.82, 2.24) is 9.97 Å². The monoisotopic (exact) mass is 223 g/mol. The second-order valence-corrected chi connectivity index (χ2v) is 3.71. The molecule has 0 aliphatic heterocycles. The van der Waals surface area contributed by atoms with Gasteiger partial charge in [0.05, 0.1) is 11.0 Å². The highest BCUT2D eigenvalue weighted by Gasteiger charge is 2.06. The highest BCUT2D eigenvalue weighted by molar-refractivity contribution is 6.07. The van der Waals surface area contributed by atoms with E-state index in [4.69, 9.17) is 6.42 Å². The molecule has 0 radical (unpaired) electrons. The van der Waals surface area contributed by atoms with Gasteiger partial charge >= 0.3 is 0 Å². The van der Waals surface area contributed by atoms with Gasteiger partial charge in [-0.1, -0.05) is 12.0 Å². The van der Waals surface area contributed by atoms with E-state index in [0.29, 0.717) is 0 Å². The van der Waals surface area contributed by atoms with Gasteiger partial charge in [0, 0.05) is 7.05 Å². The van der Waals surface area contributed by atoms with Crippen LogP contribution in [0.3, 0.4) is 0 Å². The van der Waals surface area contributed by atoms with Gasteiger partial charge in [0.1, 0.15) is 5.71 Å². The van der Waals surface area contributed by atoms with Gasteiger partial charge in [-0.25, -0.2) is 4.98 Å². The van der Waals surface area contributed by atoms with Crippen molar-refractivity contribution in [2.24, 2.45) is 4.99 Å². The first kappa shape index (κ1) is 11.2. The van der Waals surface area contributed by atoms with Crippen LogP contribution in [0.2, 0.25) is 0 Å². The molecule has 17 heavy (non-hydrogen) atoms. The van der Waals surface area contributed by atoms with E-state index in [9.17, 15) is 0 Å². The molecular weight excluding hydrogens is 210 g/mol. The zero-order chi connectivity index (χ0) is 12.3. The molecule has 1 heterocycles. The first-order chi connectivity index (χ1) is 8.24. The van der Waals surface area contributed by atoms with Crippen molar-refractivity contribution in [2.45, 2.75) is 6.92 Å². The van der Waals surface area contributed by atoms with Crippen molar-refractivity contribution in [1.29, 1.82) is 0 Å². The summed E-state index contributed by atoms with van der Waals surface area (Å²) in [6.07, 6.45) is 8.56. The number of hydrogen-bond donors (Lipinski definition) is 1. The maximum atomic E-state index is 5.18. The molecule has 1 aromatic carbocycles. The molecule has 0 aliphatic rings. The summed E-state index contributed by atoms with van der Waals surface area (Å²) in [5.41, 5.74) is 3.88. The van der Waals surface area contributed by atoms with Crippen molar-refractivity contribution in [3.8, 4) is 12.3 Å². The quantitative estimate of drug-likeness (QED) is 0.616. The first-order valence-electron chi connectivity index (χ1n) is 5.31. The van der Waals surface area contributed by atoms with Crippen LogP contribution in [-0.4, -0.2) is 22.7 Å². The topological polar surface area (TPSA) is 41.0 Å². The average Bonchev–Trinajstić information content (AvgIpc) is 2.72. The van der Waals surface area contributed by atoms with E-state index in [1.54, 1.807) is 19.2 Å². The Hall–Kier alpha value is -2.34. The normalized spacial score (nSPS) is 12.2. The number of nitrogens with one attached hydrogen (secondary N) is 1. The third kappa shape index (κ3) is 2.26. The van der Waals surface area contributed by atoms with Crippen LogP contribution in [0.4, 0.5) is 0 Å². The van der Waals surface area contributed by atoms with Gasteiger partial charge in [-0.2, -0.15) is 0 Å². The summed E-state index contributed by atoms with van der Waals surface area (Å²) in [5, 5.41) is 0. The van der Waals surface area contributed by atoms with Crippen LogP contribution in [0.1, 0.15) is 11.4 Å². The molecule has 0 saturated heterocycles. The molecule has 0 unspecified atom stereocenters. The Balaban J connectivity index is 2.49. The number of aromatic amines is 1. The first-order valence-corrected chi connectivity index (χ1v) is 5.31. The summed E-state index contributed by atoms with van der Waals surface area (Å²) < 4.78 is 0. The number of aromatic nitrogens is 2. The van der Waals surface area contributed by atoms with Gasteiger partial charge < -0.3 is 4.98 Å². The number of imidazole rings is 1. The van der Waals surface area contributed by atoms with E-state index in [-0.39, 0.29) is 0 Å². The fraction of sp³-hybridized carbons (Fsp3) is 0.143. The third-order valence-corrected chi connectivity index (χ3v) is 2.46. The molecule has 2 rings (SSSR count). The van der Waals surface area contributed by atoms with E-state index < -0.39 is 0 Å². The zero-order valence-corrected chi connectivity index (χ0v) is 9.86. The van der Waals surface area contributed by atoms with Gasteiger partial charge in [-0.05, 0) is 36.8 Å². The Morgan fingerprint density at radius 2 is 2.35 bits per heavy atom. The number of aliphatic imine (C=N–C) groups is 1. The van der Waals surface area contributed by atoms with Crippen molar-refractivity contribution in [3.05, 3.63) is 41.7 Å². The third-order valence-electron chi connectivity index (χ3n) is 2.46. The maximum Gasteiger partial charge on any atom is 0.156 e. The summed E-state index contributed by atoms with van der Waals surface area (Å²) in [4.78, 5) is 11.9. The number of aryl methyl sites for hydroxylation is 1. The van der Waals surface area contributed by atoms with Gasteiger partial charge in [0.15, 0.2) is 5.82 Å². The largest absolute Gasteiger partial charge is 0.337 e. The van der Waals surface area contributed by atoms with Crippen LogP contribution >= 0.6 is 0 Å². The Morgan fingerprint density at radius 1 is 1.53 bits per heavy atom. The van der Waals surface area contributed by atoms with Crippen molar-refractivity contribution < 1.29 is 0 Å². The summed E-state index contributed by atoms with van der Waals surface area (Å²) in [7, 11) is 1.72. The molecule has 0 saturated carbocycles. The highest BCUT2D eigenvalue weighted by Crippen LogP contribution is 2.13. The van der Waals surface area contributed by atoms with E-state index in [1.807, 2.05) is 19.1 Å². The van der Waals surface area contributed by atoms with Crippen molar-refractivity contribution in [3.63, 3.8) is 0 Å². The Morgan fingerprint density at radius 3 is 3.06 bits per heavy atom. The minimum Gasteiger partial charge on any atom is -0.337 e. The Kier molecular flexibility index (Phi) is 3.06. The van der Waals surface area contributed by atoms with Crippen LogP contribution < -0.4 is 0 Å². The molecule has 2 aromatic rings. The Bertz CT molecular complexity index is 639. The van der Waals surface area contributed by atoms with Crippen molar-refractivity contribution >= 4 is 16.7 Å². The number of terminal acetylenes is 1. The highest BCUT2D eigenvalue weighted by atomic mass is 14.9. The maximum absolute atomic E-state index is 5.18. The molecule has 1 aromatic heterocycles. The fourth-order valence-corrected chi connectivity index (χ4v) is 1.63. The Labute approximate surface area is 100 Å². The van der Waals surface area contributed by atoms with Gasteiger partial charge in [-0.15, -0.1) is 6.42 Å². The molecule has 0 spiro atoms. The second kappa shape index (κ2) is 4.67. The lowest BCUT2D eigenvalue weighted by Gasteiger charge is -1.92. The lowest BCUT2D eigenvalue weighted by Crippen LogP contribution is -1.98. The molecule has 0 atom stereocenters. The zero-order valence-electron chi connectivity index (χ0n) is 9.86. The SMILES string of the molecule is C#C/C=C\C(=NC)c1nc2ccc(C)cc2[nH]1. The number of rotatable bonds is 2. The summed E-state index contributed by atoms with van der Waals surface area (Å²) in [6.45, 7) is 2.05.